The van der Waals surface area contributed by atoms with Crippen molar-refractivity contribution in [3.05, 3.63) is 0 Å². The van der Waals surface area contributed by atoms with Crippen LogP contribution in [-0.2, 0) is 0 Å². The third kappa shape index (κ3) is 2.17. The predicted octanol–water partition coefficient (Wildman–Crippen LogP) is 5.09. The Morgan fingerprint density at radius 1 is 0.706 bits per heavy atom. The summed E-state index contributed by atoms with van der Waals surface area (Å²) in [5.74, 6) is 8.74. The van der Waals surface area contributed by atoms with Crippen molar-refractivity contribution in [3.63, 3.8) is 0 Å². The minimum absolute atomic E-state index is 0.890. The van der Waals surface area contributed by atoms with Crippen LogP contribution in [0, 0.1) is 53.3 Å². The summed E-state index contributed by atoms with van der Waals surface area (Å²) in [5.41, 5.74) is 0. The summed E-state index contributed by atoms with van der Waals surface area (Å²) in [6.45, 7) is 17.3. The first-order valence-corrected chi connectivity index (χ1v) is 7.86. The average molecular weight is 236 g/mol. The Hall–Kier alpha value is 0. The maximum Gasteiger partial charge on any atom is -0.0324 e. The molecule has 0 bridgehead atoms. The first-order valence-electron chi connectivity index (χ1n) is 7.86. The molecule has 0 N–H and O–H groups in total. The van der Waals surface area contributed by atoms with Crippen molar-refractivity contribution in [3.8, 4) is 0 Å². The highest BCUT2D eigenvalue weighted by Crippen LogP contribution is 2.59. The molecule has 0 spiro atoms. The van der Waals surface area contributed by atoms with Gasteiger partial charge < -0.3 is 0 Å². The van der Waals surface area contributed by atoms with Gasteiger partial charge in [0.1, 0.15) is 0 Å². The zero-order valence-electron chi connectivity index (χ0n) is 12.9. The van der Waals surface area contributed by atoms with E-state index in [1.54, 1.807) is 0 Å². The van der Waals surface area contributed by atoms with E-state index >= 15 is 0 Å². The maximum atomic E-state index is 2.53. The molecule has 2 aliphatic carbocycles. The topological polar surface area (TPSA) is 0 Å². The van der Waals surface area contributed by atoms with E-state index in [0.29, 0.717) is 0 Å². The zero-order valence-corrected chi connectivity index (χ0v) is 12.9. The van der Waals surface area contributed by atoms with Crippen molar-refractivity contribution < 1.29 is 0 Å². The summed E-state index contributed by atoms with van der Waals surface area (Å²) >= 11 is 0. The van der Waals surface area contributed by atoms with Crippen LogP contribution in [0.5, 0.6) is 0 Å². The van der Waals surface area contributed by atoms with Gasteiger partial charge in [-0.3, -0.25) is 0 Å². The van der Waals surface area contributed by atoms with Crippen molar-refractivity contribution in [2.45, 2.75) is 54.9 Å². The molecule has 17 heavy (non-hydrogen) atoms. The van der Waals surface area contributed by atoms with Crippen LogP contribution in [0.15, 0.2) is 0 Å². The molecule has 0 aromatic carbocycles. The summed E-state index contributed by atoms with van der Waals surface area (Å²) in [6, 6.07) is 0. The fraction of sp³-hybridized carbons (Fsp3) is 1.00. The molecule has 7 unspecified atom stereocenters. The summed E-state index contributed by atoms with van der Waals surface area (Å²) < 4.78 is 0. The molecule has 0 radical (unpaired) electrons. The van der Waals surface area contributed by atoms with Gasteiger partial charge >= 0.3 is 0 Å². The van der Waals surface area contributed by atoms with Crippen LogP contribution >= 0.6 is 0 Å². The molecule has 100 valence electrons. The van der Waals surface area contributed by atoms with E-state index in [0.717, 1.165) is 53.3 Å². The van der Waals surface area contributed by atoms with Crippen LogP contribution in [0.3, 0.4) is 0 Å². The third-order valence-corrected chi connectivity index (χ3v) is 6.39. The van der Waals surface area contributed by atoms with E-state index in [1.807, 2.05) is 0 Å². The molecular formula is C17H32. The lowest BCUT2D eigenvalue weighted by molar-refractivity contribution is 0.0190. The molecule has 7 atom stereocenters. The first-order chi connectivity index (χ1) is 7.86. The molecular weight excluding hydrogens is 204 g/mol. The van der Waals surface area contributed by atoms with E-state index in [1.165, 1.54) is 6.42 Å². The van der Waals surface area contributed by atoms with Crippen LogP contribution in [0.1, 0.15) is 54.9 Å². The molecule has 0 saturated heterocycles. The van der Waals surface area contributed by atoms with Gasteiger partial charge in [-0.25, -0.2) is 0 Å². The van der Waals surface area contributed by atoms with E-state index < -0.39 is 0 Å². The highest BCUT2D eigenvalue weighted by Gasteiger charge is 2.53. The number of rotatable bonds is 4. The quantitative estimate of drug-likeness (QED) is 0.638. The normalized spacial score (nSPS) is 48.7. The molecule has 2 saturated carbocycles. The summed E-state index contributed by atoms with van der Waals surface area (Å²) in [6.07, 6.45) is 1.47. The lowest BCUT2D eigenvalue weighted by atomic mass is 9.58. The van der Waals surface area contributed by atoms with Gasteiger partial charge in [0.15, 0.2) is 0 Å². The molecule has 0 nitrogen and oxygen atoms in total. The van der Waals surface area contributed by atoms with Gasteiger partial charge in [-0.05, 0) is 59.7 Å². The molecule has 0 amide bonds. The van der Waals surface area contributed by atoms with E-state index in [-0.39, 0.29) is 0 Å². The maximum absolute atomic E-state index is 2.53. The van der Waals surface area contributed by atoms with Gasteiger partial charge in [0.25, 0.3) is 0 Å². The minimum Gasteiger partial charge on any atom is -0.0625 e. The van der Waals surface area contributed by atoms with Crippen molar-refractivity contribution in [2.24, 2.45) is 53.3 Å². The Balaban J connectivity index is 1.94. The van der Waals surface area contributed by atoms with Gasteiger partial charge in [0.2, 0.25) is 0 Å². The smallest absolute Gasteiger partial charge is 0.0324 e. The fourth-order valence-electron chi connectivity index (χ4n) is 5.41. The number of hydrogen-bond acceptors (Lipinski definition) is 0. The summed E-state index contributed by atoms with van der Waals surface area (Å²) in [5, 5.41) is 0. The average Bonchev–Trinajstić information content (AvgIpc) is 2.88. The predicted molar refractivity (Wildman–Crippen MR) is 75.7 cm³/mol. The van der Waals surface area contributed by atoms with Crippen LogP contribution in [0.2, 0.25) is 0 Å². The van der Waals surface area contributed by atoms with Crippen molar-refractivity contribution >= 4 is 0 Å². The highest BCUT2D eigenvalue weighted by molar-refractivity contribution is 5.01. The lowest BCUT2D eigenvalue weighted by Crippen LogP contribution is -2.40. The van der Waals surface area contributed by atoms with Gasteiger partial charge in [0.05, 0.1) is 0 Å². The SMILES string of the molecule is CC(C)C1C(C)C1C(C)C(C)C1C(C)CC1C. The second kappa shape index (κ2) is 4.59. The highest BCUT2D eigenvalue weighted by atomic mass is 14.6. The van der Waals surface area contributed by atoms with Gasteiger partial charge in [-0.1, -0.05) is 48.5 Å². The number of hydrogen-bond donors (Lipinski definition) is 0. The Morgan fingerprint density at radius 3 is 1.53 bits per heavy atom. The third-order valence-electron chi connectivity index (χ3n) is 6.39. The van der Waals surface area contributed by atoms with Crippen molar-refractivity contribution in [2.75, 3.05) is 0 Å². The van der Waals surface area contributed by atoms with Gasteiger partial charge in [-0.15, -0.1) is 0 Å². The standard InChI is InChI=1S/C17H32/c1-9(2)15-14(7)17(15)13(6)12(5)16-10(3)8-11(16)4/h9-17H,8H2,1-7H3. The lowest BCUT2D eigenvalue weighted by Gasteiger charge is -2.47. The molecule has 2 rings (SSSR count). The van der Waals surface area contributed by atoms with Gasteiger partial charge in [0, 0.05) is 0 Å². The van der Waals surface area contributed by atoms with Crippen molar-refractivity contribution in [1.29, 1.82) is 0 Å². The molecule has 0 heteroatoms. The van der Waals surface area contributed by atoms with Crippen LogP contribution in [0.25, 0.3) is 0 Å². The molecule has 2 aliphatic rings. The first kappa shape index (κ1) is 13.4. The minimum atomic E-state index is 0.890. The largest absolute Gasteiger partial charge is 0.0625 e. The Kier molecular flexibility index (Phi) is 3.63. The molecule has 0 aromatic heterocycles. The van der Waals surface area contributed by atoms with Crippen molar-refractivity contribution in [1.82, 2.24) is 0 Å². The Morgan fingerprint density at radius 2 is 1.18 bits per heavy atom. The molecule has 0 aliphatic heterocycles. The zero-order chi connectivity index (χ0) is 12.9. The van der Waals surface area contributed by atoms with E-state index in [4.69, 9.17) is 0 Å². The van der Waals surface area contributed by atoms with Crippen LogP contribution in [0.4, 0.5) is 0 Å². The van der Waals surface area contributed by atoms with Crippen LogP contribution < -0.4 is 0 Å². The second-order valence-corrected chi connectivity index (χ2v) is 7.74. The molecule has 0 aromatic rings. The molecule has 0 heterocycles. The van der Waals surface area contributed by atoms with Gasteiger partial charge in [-0.2, -0.15) is 0 Å². The Bertz CT molecular complexity index is 259. The summed E-state index contributed by atoms with van der Waals surface area (Å²) in [7, 11) is 0. The fourth-order valence-corrected chi connectivity index (χ4v) is 5.41. The Labute approximate surface area is 109 Å². The summed E-state index contributed by atoms with van der Waals surface area (Å²) in [4.78, 5) is 0. The monoisotopic (exact) mass is 236 g/mol. The van der Waals surface area contributed by atoms with Crippen LogP contribution in [-0.4, -0.2) is 0 Å². The van der Waals surface area contributed by atoms with E-state index in [9.17, 15) is 0 Å². The molecule has 2 fully saturated rings. The van der Waals surface area contributed by atoms with E-state index in [2.05, 4.69) is 48.5 Å². The second-order valence-electron chi connectivity index (χ2n) is 7.74.